The number of carbonyl (C=O) groups is 2. The number of hydrogen-bond donors (Lipinski definition) is 1. The molecule has 8 nitrogen and oxygen atoms in total. The van der Waals surface area contributed by atoms with Gasteiger partial charge in [0.15, 0.2) is 9.84 Å². The first-order valence-corrected chi connectivity index (χ1v) is 12.6. The monoisotopic (exact) mass is 470 g/mol. The van der Waals surface area contributed by atoms with Crippen molar-refractivity contribution in [2.75, 3.05) is 22.5 Å². The van der Waals surface area contributed by atoms with Crippen molar-refractivity contribution < 1.29 is 18.0 Å². The Morgan fingerprint density at radius 3 is 2.53 bits per heavy atom. The summed E-state index contributed by atoms with van der Waals surface area (Å²) in [5, 5.41) is 11.4. The second kappa shape index (κ2) is 9.17. The van der Waals surface area contributed by atoms with Crippen LogP contribution in [-0.4, -0.2) is 42.7 Å². The number of amides is 2. The maximum absolute atomic E-state index is 12.5. The Labute approximate surface area is 190 Å². The molecule has 0 unspecified atom stereocenters. The van der Waals surface area contributed by atoms with Gasteiger partial charge in [0.05, 0.1) is 4.90 Å². The summed E-state index contributed by atoms with van der Waals surface area (Å²) in [6, 6.07) is 15.7. The summed E-state index contributed by atoms with van der Waals surface area (Å²) < 4.78 is 24.7. The fraction of sp³-hybridized carbons (Fsp3) is 0.273. The lowest BCUT2D eigenvalue weighted by atomic mass is 10.1. The first kappa shape index (κ1) is 22.1. The van der Waals surface area contributed by atoms with Crippen LogP contribution in [0.4, 0.5) is 10.8 Å². The molecule has 10 heteroatoms. The molecule has 3 aromatic rings. The fourth-order valence-electron chi connectivity index (χ4n) is 3.52. The Morgan fingerprint density at radius 1 is 1.12 bits per heavy atom. The van der Waals surface area contributed by atoms with Gasteiger partial charge in [0.2, 0.25) is 16.9 Å². The van der Waals surface area contributed by atoms with Gasteiger partial charge in [0.25, 0.3) is 0 Å². The number of anilines is 2. The van der Waals surface area contributed by atoms with Crippen molar-refractivity contribution in [2.24, 2.45) is 0 Å². The molecule has 1 atom stereocenters. The number of nitrogens with one attached hydrogen (secondary N) is 1. The van der Waals surface area contributed by atoms with Gasteiger partial charge in [0.1, 0.15) is 10.8 Å². The molecule has 2 aromatic carbocycles. The van der Waals surface area contributed by atoms with Gasteiger partial charge in [-0.3, -0.25) is 14.9 Å². The molecular weight excluding hydrogens is 448 g/mol. The molecule has 4 rings (SSSR count). The highest BCUT2D eigenvalue weighted by molar-refractivity contribution is 7.92. The van der Waals surface area contributed by atoms with Crippen LogP contribution < -0.4 is 10.2 Å². The van der Waals surface area contributed by atoms with Gasteiger partial charge >= 0.3 is 0 Å². The lowest BCUT2D eigenvalue weighted by Crippen LogP contribution is -2.24. The number of hydrogen-bond acceptors (Lipinski definition) is 7. The van der Waals surface area contributed by atoms with E-state index in [-0.39, 0.29) is 21.9 Å². The van der Waals surface area contributed by atoms with E-state index < -0.39 is 21.5 Å². The van der Waals surface area contributed by atoms with E-state index in [1.807, 2.05) is 24.3 Å². The standard InChI is InChI=1S/C22H22N4O4S2/c1-2-15-8-10-17(11-9-15)26-13-16(12-20(26)28)21-24-25-22(31-21)23-19(27)14-32(29,30)18-6-4-3-5-7-18/h3-11,16H,2,12-14H2,1H3,(H,23,25,27)/t16-/m0/s1. The average Bonchev–Trinajstić information content (AvgIpc) is 3.40. The van der Waals surface area contributed by atoms with E-state index >= 15 is 0 Å². The number of rotatable bonds is 7. The largest absolute Gasteiger partial charge is 0.312 e. The van der Waals surface area contributed by atoms with Crippen LogP contribution in [0.1, 0.15) is 29.8 Å². The molecule has 1 aromatic heterocycles. The molecule has 0 saturated carbocycles. The number of aryl methyl sites for hydroxylation is 1. The second-order valence-electron chi connectivity index (χ2n) is 7.49. The lowest BCUT2D eigenvalue weighted by Gasteiger charge is -2.16. The summed E-state index contributed by atoms with van der Waals surface area (Å²) >= 11 is 1.16. The molecule has 0 radical (unpaired) electrons. The molecule has 32 heavy (non-hydrogen) atoms. The number of sulfone groups is 1. The van der Waals surface area contributed by atoms with Crippen LogP contribution >= 0.6 is 11.3 Å². The van der Waals surface area contributed by atoms with Crippen LogP contribution in [0, 0.1) is 0 Å². The van der Waals surface area contributed by atoms with E-state index in [0.717, 1.165) is 23.4 Å². The Balaban J connectivity index is 1.39. The maximum Gasteiger partial charge on any atom is 0.241 e. The minimum Gasteiger partial charge on any atom is -0.312 e. The first-order valence-electron chi connectivity index (χ1n) is 10.2. The van der Waals surface area contributed by atoms with Crippen LogP contribution in [0.2, 0.25) is 0 Å². The summed E-state index contributed by atoms with van der Waals surface area (Å²) in [5.74, 6) is -1.50. The zero-order valence-corrected chi connectivity index (χ0v) is 19.0. The number of carbonyl (C=O) groups excluding carboxylic acids is 2. The Morgan fingerprint density at radius 2 is 1.84 bits per heavy atom. The minimum absolute atomic E-state index is 0.00832. The second-order valence-corrected chi connectivity index (χ2v) is 10.5. The predicted octanol–water partition coefficient (Wildman–Crippen LogP) is 3.03. The van der Waals surface area contributed by atoms with Crippen LogP contribution in [0.25, 0.3) is 0 Å². The fourth-order valence-corrected chi connectivity index (χ4v) is 5.53. The van der Waals surface area contributed by atoms with E-state index in [2.05, 4.69) is 22.4 Å². The molecule has 2 amide bonds. The summed E-state index contributed by atoms with van der Waals surface area (Å²) in [7, 11) is -3.75. The smallest absolute Gasteiger partial charge is 0.241 e. The summed E-state index contributed by atoms with van der Waals surface area (Å²) in [6.07, 6.45) is 1.24. The minimum atomic E-state index is -3.75. The Hall–Kier alpha value is -3.11. The normalized spacial score (nSPS) is 16.3. The number of nitrogens with zero attached hydrogens (tertiary/aromatic N) is 3. The molecular formula is C22H22N4O4S2. The van der Waals surface area contributed by atoms with E-state index in [1.54, 1.807) is 23.1 Å². The number of benzene rings is 2. The third-order valence-corrected chi connectivity index (χ3v) is 7.87. The van der Waals surface area contributed by atoms with E-state index in [0.29, 0.717) is 18.0 Å². The summed E-state index contributed by atoms with van der Waals surface area (Å²) in [4.78, 5) is 26.6. The van der Waals surface area contributed by atoms with Gasteiger partial charge in [-0.05, 0) is 36.2 Å². The molecule has 0 aliphatic carbocycles. The molecule has 0 spiro atoms. The van der Waals surface area contributed by atoms with Crippen molar-refractivity contribution in [3.8, 4) is 0 Å². The third-order valence-electron chi connectivity index (χ3n) is 5.24. The van der Waals surface area contributed by atoms with Crippen LogP contribution in [-0.2, 0) is 25.8 Å². The molecule has 1 aliphatic heterocycles. The highest BCUT2D eigenvalue weighted by Crippen LogP contribution is 2.34. The van der Waals surface area contributed by atoms with Crippen molar-refractivity contribution in [2.45, 2.75) is 30.6 Å². The van der Waals surface area contributed by atoms with Crippen molar-refractivity contribution in [3.05, 3.63) is 65.2 Å². The van der Waals surface area contributed by atoms with E-state index in [9.17, 15) is 18.0 Å². The predicted molar refractivity (Wildman–Crippen MR) is 123 cm³/mol. The molecule has 0 bridgehead atoms. The van der Waals surface area contributed by atoms with Gasteiger partial charge in [-0.1, -0.05) is 48.6 Å². The zero-order valence-electron chi connectivity index (χ0n) is 17.4. The quantitative estimate of drug-likeness (QED) is 0.568. The van der Waals surface area contributed by atoms with Gasteiger partial charge in [0, 0.05) is 24.6 Å². The molecule has 1 N–H and O–H groups in total. The Kier molecular flexibility index (Phi) is 6.33. The van der Waals surface area contributed by atoms with Crippen molar-refractivity contribution >= 4 is 43.8 Å². The van der Waals surface area contributed by atoms with Crippen molar-refractivity contribution in [3.63, 3.8) is 0 Å². The van der Waals surface area contributed by atoms with Crippen LogP contribution in [0.3, 0.4) is 0 Å². The molecule has 1 saturated heterocycles. The topological polar surface area (TPSA) is 109 Å². The zero-order chi connectivity index (χ0) is 22.7. The molecule has 1 fully saturated rings. The van der Waals surface area contributed by atoms with Gasteiger partial charge in [-0.25, -0.2) is 8.42 Å². The van der Waals surface area contributed by atoms with Crippen molar-refractivity contribution in [1.29, 1.82) is 0 Å². The van der Waals surface area contributed by atoms with E-state index in [1.165, 1.54) is 17.7 Å². The van der Waals surface area contributed by atoms with Gasteiger partial charge in [-0.2, -0.15) is 0 Å². The van der Waals surface area contributed by atoms with Gasteiger partial charge < -0.3 is 4.90 Å². The van der Waals surface area contributed by atoms with E-state index in [4.69, 9.17) is 0 Å². The average molecular weight is 471 g/mol. The summed E-state index contributed by atoms with van der Waals surface area (Å²) in [6.45, 7) is 2.56. The number of aromatic nitrogens is 2. The van der Waals surface area contributed by atoms with Crippen molar-refractivity contribution in [1.82, 2.24) is 10.2 Å². The SMILES string of the molecule is CCc1ccc(N2C[C@@H](c3nnc(NC(=O)CS(=O)(=O)c4ccccc4)s3)CC2=O)cc1. The summed E-state index contributed by atoms with van der Waals surface area (Å²) in [5.41, 5.74) is 2.05. The van der Waals surface area contributed by atoms with Gasteiger partial charge in [-0.15, -0.1) is 10.2 Å². The first-order chi connectivity index (χ1) is 15.4. The van der Waals surface area contributed by atoms with Crippen LogP contribution in [0.15, 0.2) is 59.5 Å². The Bertz CT molecular complexity index is 1220. The third kappa shape index (κ3) is 4.86. The lowest BCUT2D eigenvalue weighted by molar-refractivity contribution is -0.117. The highest BCUT2D eigenvalue weighted by atomic mass is 32.2. The molecule has 1 aliphatic rings. The molecule has 166 valence electrons. The molecule has 2 heterocycles. The maximum atomic E-state index is 12.5. The highest BCUT2D eigenvalue weighted by Gasteiger charge is 2.34. The van der Waals surface area contributed by atoms with Crippen LogP contribution in [0.5, 0.6) is 0 Å².